The van der Waals surface area contributed by atoms with Crippen molar-refractivity contribution in [2.75, 3.05) is 19.7 Å². The van der Waals surface area contributed by atoms with Gasteiger partial charge in [-0.25, -0.2) is 0 Å². The van der Waals surface area contributed by atoms with Crippen molar-refractivity contribution in [2.45, 2.75) is 31.9 Å². The van der Waals surface area contributed by atoms with E-state index in [1.165, 1.54) is 11.1 Å². The van der Waals surface area contributed by atoms with Gasteiger partial charge < -0.3 is 10.2 Å². The number of hydrogen-bond acceptors (Lipinski definition) is 3. The monoisotopic (exact) mass is 235 g/mol. The van der Waals surface area contributed by atoms with Crippen molar-refractivity contribution in [3.05, 3.63) is 35.4 Å². The Labute approximate surface area is 103 Å². The van der Waals surface area contributed by atoms with E-state index in [9.17, 15) is 10.2 Å². The van der Waals surface area contributed by atoms with Crippen LogP contribution in [0.4, 0.5) is 0 Å². The first-order valence-electron chi connectivity index (χ1n) is 6.16. The van der Waals surface area contributed by atoms with Gasteiger partial charge >= 0.3 is 0 Å². The maximum absolute atomic E-state index is 9.91. The number of fused-ring (bicyclic) bond motifs is 1. The Bertz CT molecular complexity index is 384. The maximum Gasteiger partial charge on any atom is 0.0718 e. The van der Waals surface area contributed by atoms with Gasteiger partial charge in [0.2, 0.25) is 0 Å². The number of hydrogen-bond donors (Lipinski definition) is 2. The second-order valence-electron chi connectivity index (χ2n) is 5.43. The first kappa shape index (κ1) is 12.6. The average molecular weight is 235 g/mol. The van der Waals surface area contributed by atoms with Crippen LogP contribution in [0.15, 0.2) is 24.3 Å². The molecule has 1 aromatic carbocycles. The summed E-state index contributed by atoms with van der Waals surface area (Å²) in [5.41, 5.74) is 1.80. The quantitative estimate of drug-likeness (QED) is 0.831. The molecule has 2 N–H and O–H groups in total. The van der Waals surface area contributed by atoms with Crippen molar-refractivity contribution < 1.29 is 10.2 Å². The minimum Gasteiger partial charge on any atom is -0.394 e. The number of nitrogens with zero attached hydrogens (tertiary/aromatic N) is 1. The number of aliphatic hydroxyl groups excluding tert-OH is 1. The summed E-state index contributed by atoms with van der Waals surface area (Å²) in [6.45, 7) is 5.20. The Morgan fingerprint density at radius 3 is 2.71 bits per heavy atom. The molecule has 1 aliphatic rings. The second kappa shape index (κ2) is 4.77. The Morgan fingerprint density at radius 2 is 2.06 bits per heavy atom. The molecular weight excluding hydrogens is 214 g/mol. The van der Waals surface area contributed by atoms with E-state index in [-0.39, 0.29) is 12.6 Å². The van der Waals surface area contributed by atoms with E-state index in [0.717, 1.165) is 13.0 Å². The summed E-state index contributed by atoms with van der Waals surface area (Å²) in [5, 5.41) is 19.5. The highest BCUT2D eigenvalue weighted by atomic mass is 16.3. The normalized spacial score (nSPS) is 21.3. The van der Waals surface area contributed by atoms with Crippen LogP contribution in [0.3, 0.4) is 0 Å². The molecular formula is C14H21NO2. The first-order chi connectivity index (χ1) is 8.01. The third-order valence-electron chi connectivity index (χ3n) is 3.29. The molecule has 1 aliphatic heterocycles. The largest absolute Gasteiger partial charge is 0.394 e. The lowest BCUT2D eigenvalue weighted by molar-refractivity contribution is 0.00562. The molecule has 3 nitrogen and oxygen atoms in total. The van der Waals surface area contributed by atoms with Crippen LogP contribution >= 0.6 is 0 Å². The molecule has 0 bridgehead atoms. The predicted molar refractivity (Wildman–Crippen MR) is 67.8 cm³/mol. The Morgan fingerprint density at radius 1 is 1.35 bits per heavy atom. The van der Waals surface area contributed by atoms with E-state index in [0.29, 0.717) is 6.54 Å². The number of β-amino-alcohol motifs (C(OH)–C–C–N with tert-alkyl or cyclic N) is 1. The van der Waals surface area contributed by atoms with Crippen LogP contribution in [0, 0.1) is 0 Å². The van der Waals surface area contributed by atoms with Gasteiger partial charge in [0.25, 0.3) is 0 Å². The molecule has 0 aliphatic carbocycles. The minimum absolute atomic E-state index is 0.0198. The summed E-state index contributed by atoms with van der Waals surface area (Å²) in [6, 6.07) is 8.27. The summed E-state index contributed by atoms with van der Waals surface area (Å²) < 4.78 is 0. The molecule has 0 radical (unpaired) electrons. The molecule has 1 atom stereocenters. The van der Waals surface area contributed by atoms with E-state index >= 15 is 0 Å². The molecule has 94 valence electrons. The lowest BCUT2D eigenvalue weighted by atomic mass is 9.92. The molecule has 0 aromatic heterocycles. The third-order valence-corrected chi connectivity index (χ3v) is 3.29. The summed E-state index contributed by atoms with van der Waals surface area (Å²) >= 11 is 0. The molecule has 1 heterocycles. The highest BCUT2D eigenvalue weighted by molar-refractivity contribution is 5.32. The highest BCUT2D eigenvalue weighted by Gasteiger charge is 2.29. The maximum atomic E-state index is 9.91. The van der Waals surface area contributed by atoms with Crippen molar-refractivity contribution in [1.29, 1.82) is 0 Å². The zero-order chi connectivity index (χ0) is 12.5. The van der Waals surface area contributed by atoms with Crippen LogP contribution < -0.4 is 0 Å². The van der Waals surface area contributed by atoms with Gasteiger partial charge in [0.1, 0.15) is 0 Å². The summed E-state index contributed by atoms with van der Waals surface area (Å²) in [4.78, 5) is 2.17. The van der Waals surface area contributed by atoms with Crippen molar-refractivity contribution in [3.63, 3.8) is 0 Å². The van der Waals surface area contributed by atoms with Crippen molar-refractivity contribution in [1.82, 2.24) is 4.90 Å². The van der Waals surface area contributed by atoms with Crippen LogP contribution in [0.25, 0.3) is 0 Å². The fourth-order valence-corrected chi connectivity index (χ4v) is 2.60. The molecule has 0 fully saturated rings. The van der Waals surface area contributed by atoms with Gasteiger partial charge in [-0.05, 0) is 31.4 Å². The average Bonchev–Trinajstić information content (AvgIpc) is 2.27. The SMILES string of the molecule is CC(C)(O)CN1CCc2ccccc2[C@@H]1CO. The van der Waals surface area contributed by atoms with Crippen molar-refractivity contribution in [3.8, 4) is 0 Å². The predicted octanol–water partition coefficient (Wildman–Crippen LogP) is 1.35. The molecule has 0 saturated carbocycles. The minimum atomic E-state index is -0.723. The fraction of sp³-hybridized carbons (Fsp3) is 0.571. The van der Waals surface area contributed by atoms with Gasteiger partial charge in [-0.3, -0.25) is 4.90 Å². The molecule has 0 amide bonds. The zero-order valence-electron chi connectivity index (χ0n) is 10.6. The van der Waals surface area contributed by atoms with Crippen LogP contribution in [-0.4, -0.2) is 40.4 Å². The van der Waals surface area contributed by atoms with Crippen molar-refractivity contribution in [2.24, 2.45) is 0 Å². The second-order valence-corrected chi connectivity index (χ2v) is 5.43. The molecule has 0 spiro atoms. The Balaban J connectivity index is 2.23. The van der Waals surface area contributed by atoms with Crippen LogP contribution in [0.2, 0.25) is 0 Å². The summed E-state index contributed by atoms with van der Waals surface area (Å²) in [6.07, 6.45) is 0.989. The van der Waals surface area contributed by atoms with E-state index in [1.54, 1.807) is 0 Å². The highest BCUT2D eigenvalue weighted by Crippen LogP contribution is 2.30. The number of benzene rings is 1. The fourth-order valence-electron chi connectivity index (χ4n) is 2.60. The van der Waals surface area contributed by atoms with Gasteiger partial charge in [0.05, 0.1) is 18.2 Å². The molecule has 0 unspecified atom stereocenters. The summed E-state index contributed by atoms with van der Waals surface area (Å²) in [7, 11) is 0. The number of rotatable bonds is 3. The van der Waals surface area contributed by atoms with E-state index < -0.39 is 5.60 Å². The lowest BCUT2D eigenvalue weighted by Crippen LogP contribution is -2.45. The summed E-state index contributed by atoms with van der Waals surface area (Å²) in [5.74, 6) is 0. The van der Waals surface area contributed by atoms with Gasteiger partial charge in [0.15, 0.2) is 0 Å². The topological polar surface area (TPSA) is 43.7 Å². The van der Waals surface area contributed by atoms with E-state index in [4.69, 9.17) is 0 Å². The molecule has 17 heavy (non-hydrogen) atoms. The van der Waals surface area contributed by atoms with E-state index in [1.807, 2.05) is 26.0 Å². The van der Waals surface area contributed by atoms with E-state index in [2.05, 4.69) is 17.0 Å². The van der Waals surface area contributed by atoms with Gasteiger partial charge in [-0.15, -0.1) is 0 Å². The molecule has 1 aromatic rings. The standard InChI is InChI=1S/C14H21NO2/c1-14(2,17)10-15-8-7-11-5-3-4-6-12(11)13(15)9-16/h3-6,13,16-17H,7-10H2,1-2H3/t13-/m0/s1. The van der Waals surface area contributed by atoms with Crippen LogP contribution in [0.5, 0.6) is 0 Å². The smallest absolute Gasteiger partial charge is 0.0718 e. The van der Waals surface area contributed by atoms with Crippen molar-refractivity contribution >= 4 is 0 Å². The van der Waals surface area contributed by atoms with Gasteiger partial charge in [-0.2, -0.15) is 0 Å². The number of aliphatic hydroxyl groups is 2. The molecule has 2 rings (SSSR count). The Hall–Kier alpha value is -0.900. The van der Waals surface area contributed by atoms with Crippen LogP contribution in [0.1, 0.15) is 31.0 Å². The lowest BCUT2D eigenvalue weighted by Gasteiger charge is -2.39. The van der Waals surface area contributed by atoms with Gasteiger partial charge in [-0.1, -0.05) is 24.3 Å². The molecule has 3 heteroatoms. The Kier molecular flexibility index (Phi) is 3.52. The van der Waals surface area contributed by atoms with Crippen LogP contribution in [-0.2, 0) is 6.42 Å². The third kappa shape index (κ3) is 2.86. The first-order valence-corrected chi connectivity index (χ1v) is 6.16. The zero-order valence-corrected chi connectivity index (χ0v) is 10.6. The molecule has 0 saturated heterocycles. The van der Waals surface area contributed by atoms with Gasteiger partial charge in [0, 0.05) is 13.1 Å².